The highest BCUT2D eigenvalue weighted by molar-refractivity contribution is 7.91. The van der Waals surface area contributed by atoms with Gasteiger partial charge in [-0.2, -0.15) is 0 Å². The normalized spacial score (nSPS) is 44.9. The molecule has 4 saturated carbocycles. The van der Waals surface area contributed by atoms with Crippen molar-refractivity contribution in [2.75, 3.05) is 5.75 Å². The van der Waals surface area contributed by atoms with E-state index in [1.54, 1.807) is 12.1 Å². The Morgan fingerprint density at radius 1 is 0.903 bits per heavy atom. The van der Waals surface area contributed by atoms with Gasteiger partial charge in [-0.1, -0.05) is 32.0 Å². The van der Waals surface area contributed by atoms with Crippen molar-refractivity contribution in [3.63, 3.8) is 0 Å². The topological polar surface area (TPSA) is 54.4 Å². The maximum Gasteiger partial charge on any atom is 0.178 e. The molecule has 4 heteroatoms. The quantitative estimate of drug-likeness (QED) is 0.632. The first-order valence-corrected chi connectivity index (χ1v) is 14.3. The highest BCUT2D eigenvalue weighted by atomic mass is 32.2. The van der Waals surface area contributed by atoms with Crippen LogP contribution in [0.1, 0.15) is 78.1 Å². The van der Waals surface area contributed by atoms with Gasteiger partial charge in [-0.15, -0.1) is 0 Å². The van der Waals surface area contributed by atoms with Crippen molar-refractivity contribution >= 4 is 9.84 Å². The van der Waals surface area contributed by atoms with Gasteiger partial charge in [0, 0.05) is 0 Å². The summed E-state index contributed by atoms with van der Waals surface area (Å²) in [5, 5.41) is 10.2. The van der Waals surface area contributed by atoms with E-state index in [1.807, 2.05) is 18.2 Å². The van der Waals surface area contributed by atoms with E-state index in [4.69, 9.17) is 0 Å². The SMILES string of the molecule is CC12CCC(O)CC1CCC1C2CCC2(C)C1CC[C@@H]2CCS(=O)(=O)c1ccccc1. The molecule has 0 bridgehead atoms. The molecular weight excluding hydrogens is 404 g/mol. The molecule has 4 aliphatic carbocycles. The van der Waals surface area contributed by atoms with Gasteiger partial charge in [0.05, 0.1) is 16.8 Å². The molecular formula is C27H40O3S. The number of benzene rings is 1. The Morgan fingerprint density at radius 2 is 1.61 bits per heavy atom. The van der Waals surface area contributed by atoms with Crippen LogP contribution in [0, 0.1) is 40.4 Å². The third-order valence-corrected chi connectivity index (χ3v) is 12.4. The molecule has 1 N–H and O–H groups in total. The van der Waals surface area contributed by atoms with Crippen LogP contribution < -0.4 is 0 Å². The van der Waals surface area contributed by atoms with Gasteiger partial charge in [0.1, 0.15) is 0 Å². The number of sulfone groups is 1. The summed E-state index contributed by atoms with van der Waals surface area (Å²) in [5.41, 5.74) is 0.725. The number of rotatable bonds is 4. The summed E-state index contributed by atoms with van der Waals surface area (Å²) >= 11 is 0. The molecule has 4 fully saturated rings. The molecule has 1 aromatic carbocycles. The molecule has 8 atom stereocenters. The minimum atomic E-state index is -3.19. The fraction of sp³-hybridized carbons (Fsp3) is 0.778. The van der Waals surface area contributed by atoms with E-state index < -0.39 is 9.84 Å². The van der Waals surface area contributed by atoms with Crippen LogP contribution in [0.15, 0.2) is 35.2 Å². The zero-order valence-corrected chi connectivity index (χ0v) is 20.1. The van der Waals surface area contributed by atoms with Gasteiger partial charge in [0.25, 0.3) is 0 Å². The molecule has 172 valence electrons. The number of fused-ring (bicyclic) bond motifs is 5. The monoisotopic (exact) mass is 444 g/mol. The van der Waals surface area contributed by atoms with Crippen molar-refractivity contribution in [3.8, 4) is 0 Å². The van der Waals surface area contributed by atoms with Crippen LogP contribution in [0.3, 0.4) is 0 Å². The largest absolute Gasteiger partial charge is 0.393 e. The number of aliphatic hydroxyl groups is 1. The highest BCUT2D eigenvalue weighted by Crippen LogP contribution is 2.67. The summed E-state index contributed by atoms with van der Waals surface area (Å²) in [6.07, 6.45) is 11.6. The Hall–Kier alpha value is -0.870. The average Bonchev–Trinajstić information content (AvgIpc) is 3.10. The Bertz CT molecular complexity index is 896. The summed E-state index contributed by atoms with van der Waals surface area (Å²) in [7, 11) is -3.19. The zero-order chi connectivity index (χ0) is 21.9. The number of hydrogen-bond donors (Lipinski definition) is 1. The van der Waals surface area contributed by atoms with E-state index >= 15 is 0 Å². The Balaban J connectivity index is 1.30. The van der Waals surface area contributed by atoms with Crippen molar-refractivity contribution in [2.45, 2.75) is 89.1 Å². The molecule has 4 aliphatic rings. The smallest absolute Gasteiger partial charge is 0.178 e. The Morgan fingerprint density at radius 3 is 2.39 bits per heavy atom. The lowest BCUT2D eigenvalue weighted by atomic mass is 9.44. The van der Waals surface area contributed by atoms with Crippen LogP contribution >= 0.6 is 0 Å². The second-order valence-corrected chi connectivity index (χ2v) is 13.9. The summed E-state index contributed by atoms with van der Waals surface area (Å²) < 4.78 is 25.8. The first-order valence-electron chi connectivity index (χ1n) is 12.7. The second kappa shape index (κ2) is 7.87. The molecule has 7 unspecified atom stereocenters. The van der Waals surface area contributed by atoms with E-state index in [-0.39, 0.29) is 11.9 Å². The summed E-state index contributed by atoms with van der Waals surface area (Å²) in [5.74, 6) is 3.91. The summed E-state index contributed by atoms with van der Waals surface area (Å²) in [6, 6.07) is 8.99. The van der Waals surface area contributed by atoms with Crippen molar-refractivity contribution in [1.29, 1.82) is 0 Å². The van der Waals surface area contributed by atoms with Crippen molar-refractivity contribution in [3.05, 3.63) is 30.3 Å². The minimum absolute atomic E-state index is 0.0779. The van der Waals surface area contributed by atoms with Gasteiger partial charge < -0.3 is 5.11 Å². The van der Waals surface area contributed by atoms with Gasteiger partial charge in [0.2, 0.25) is 0 Å². The van der Waals surface area contributed by atoms with Crippen LogP contribution in [0.4, 0.5) is 0 Å². The average molecular weight is 445 g/mol. The minimum Gasteiger partial charge on any atom is -0.393 e. The van der Waals surface area contributed by atoms with Crippen LogP contribution in [-0.4, -0.2) is 25.4 Å². The van der Waals surface area contributed by atoms with Crippen LogP contribution in [0.25, 0.3) is 0 Å². The molecule has 0 aliphatic heterocycles. The molecule has 1 aromatic rings. The predicted octanol–water partition coefficient (Wildman–Crippen LogP) is 5.87. The lowest BCUT2D eigenvalue weighted by Crippen LogP contribution is -2.53. The van der Waals surface area contributed by atoms with E-state index in [1.165, 1.54) is 44.9 Å². The van der Waals surface area contributed by atoms with Crippen molar-refractivity contribution < 1.29 is 13.5 Å². The van der Waals surface area contributed by atoms with E-state index in [2.05, 4.69) is 13.8 Å². The third-order valence-electron chi connectivity index (χ3n) is 10.7. The van der Waals surface area contributed by atoms with Gasteiger partial charge in [0.15, 0.2) is 9.84 Å². The van der Waals surface area contributed by atoms with Gasteiger partial charge in [-0.3, -0.25) is 0 Å². The fourth-order valence-corrected chi connectivity index (χ4v) is 10.3. The molecule has 0 heterocycles. The lowest BCUT2D eigenvalue weighted by Gasteiger charge is -2.61. The predicted molar refractivity (Wildman–Crippen MR) is 124 cm³/mol. The molecule has 0 saturated heterocycles. The Kier molecular flexibility index (Phi) is 5.57. The number of aliphatic hydroxyl groups excluding tert-OH is 1. The number of hydrogen-bond acceptors (Lipinski definition) is 3. The highest BCUT2D eigenvalue weighted by Gasteiger charge is 2.59. The summed E-state index contributed by atoms with van der Waals surface area (Å²) in [4.78, 5) is 0.476. The summed E-state index contributed by atoms with van der Waals surface area (Å²) in [6.45, 7) is 5.04. The molecule has 3 nitrogen and oxygen atoms in total. The Labute approximate surface area is 188 Å². The van der Waals surface area contributed by atoms with Gasteiger partial charge in [-0.25, -0.2) is 8.42 Å². The molecule has 0 spiro atoms. The molecule has 31 heavy (non-hydrogen) atoms. The van der Waals surface area contributed by atoms with Crippen LogP contribution in [0.5, 0.6) is 0 Å². The molecule has 0 amide bonds. The van der Waals surface area contributed by atoms with Crippen molar-refractivity contribution in [2.24, 2.45) is 40.4 Å². The van der Waals surface area contributed by atoms with Gasteiger partial charge in [-0.05, 0) is 117 Å². The first-order chi connectivity index (χ1) is 14.7. The van der Waals surface area contributed by atoms with E-state index in [0.717, 1.165) is 37.0 Å². The second-order valence-electron chi connectivity index (χ2n) is 11.8. The maximum atomic E-state index is 12.9. The van der Waals surface area contributed by atoms with Gasteiger partial charge >= 0.3 is 0 Å². The van der Waals surface area contributed by atoms with Crippen molar-refractivity contribution in [1.82, 2.24) is 0 Å². The lowest BCUT2D eigenvalue weighted by molar-refractivity contribution is -0.126. The maximum absolute atomic E-state index is 12.9. The molecule has 5 rings (SSSR count). The zero-order valence-electron chi connectivity index (χ0n) is 19.3. The third kappa shape index (κ3) is 3.60. The van der Waals surface area contributed by atoms with Crippen LogP contribution in [0.2, 0.25) is 0 Å². The van der Waals surface area contributed by atoms with E-state index in [0.29, 0.717) is 27.6 Å². The fourth-order valence-electron chi connectivity index (χ4n) is 8.86. The first kappa shape index (κ1) is 21.9. The van der Waals surface area contributed by atoms with Crippen LogP contribution in [-0.2, 0) is 9.84 Å². The molecule has 0 radical (unpaired) electrons. The standard InChI is InChI=1S/C27H40O3S/c1-26-16-13-25-23(10-8-20-18-21(28)12-15-27(20,25)2)24(26)11-9-19(26)14-17-31(29,30)22-6-4-3-5-7-22/h3-7,19-21,23-25,28H,8-18H2,1-2H3/t19-,20?,21?,23?,24?,25?,26?,27?/m1/s1. The van der Waals surface area contributed by atoms with E-state index in [9.17, 15) is 13.5 Å². The molecule has 0 aromatic heterocycles.